The van der Waals surface area contributed by atoms with Gasteiger partial charge in [0.05, 0.1) is 0 Å². The van der Waals surface area contributed by atoms with E-state index in [2.05, 4.69) is 21.7 Å². The smallest absolute Gasteiger partial charge is 0.229 e. The molecule has 5 nitrogen and oxygen atoms in total. The highest BCUT2D eigenvalue weighted by Crippen LogP contribution is 2.21. The summed E-state index contributed by atoms with van der Waals surface area (Å²) < 4.78 is 0. The molecule has 140 valence electrons. The van der Waals surface area contributed by atoms with Crippen molar-refractivity contribution in [2.24, 2.45) is 5.41 Å². The van der Waals surface area contributed by atoms with Gasteiger partial charge in [-0.15, -0.1) is 0 Å². The molecule has 0 aliphatic rings. The molecule has 0 saturated carbocycles. The first-order chi connectivity index (χ1) is 12.8. The van der Waals surface area contributed by atoms with Crippen LogP contribution in [0, 0.1) is 5.41 Å². The van der Waals surface area contributed by atoms with E-state index in [1.54, 1.807) is 6.07 Å². The highest BCUT2D eigenvalue weighted by molar-refractivity contribution is 5.96. The number of anilines is 2. The third-order valence-corrected chi connectivity index (χ3v) is 4.38. The number of nitrogens with one attached hydrogen (secondary N) is 3. The van der Waals surface area contributed by atoms with Crippen molar-refractivity contribution in [1.82, 2.24) is 4.98 Å². The van der Waals surface area contributed by atoms with Crippen LogP contribution < -0.4 is 10.6 Å². The quantitative estimate of drug-likeness (QED) is 0.613. The monoisotopic (exact) mass is 363 g/mol. The Kier molecular flexibility index (Phi) is 5.31. The molecule has 2 aromatic carbocycles. The van der Waals surface area contributed by atoms with Crippen molar-refractivity contribution in [2.75, 3.05) is 10.6 Å². The standard InChI is InChI=1S/C22H25N3O2/c1-22(2,3)21(27)25-17-8-6-7-16(13-17)24-20(26)12-11-15-14-23-19-10-5-4-9-18(15)19/h4-10,13-14,23H,11-12H2,1-3H3,(H,24,26)(H,25,27). The lowest BCUT2D eigenvalue weighted by Gasteiger charge is -2.18. The second-order valence-electron chi connectivity index (χ2n) is 7.69. The van der Waals surface area contributed by atoms with Gasteiger partial charge in [-0.05, 0) is 36.2 Å². The number of fused-ring (bicyclic) bond motifs is 1. The Labute approximate surface area is 159 Å². The first kappa shape index (κ1) is 18.7. The number of amides is 2. The molecule has 3 N–H and O–H groups in total. The molecule has 1 heterocycles. The van der Waals surface area contributed by atoms with Gasteiger partial charge in [-0.3, -0.25) is 9.59 Å². The summed E-state index contributed by atoms with van der Waals surface area (Å²) in [6.45, 7) is 5.58. The summed E-state index contributed by atoms with van der Waals surface area (Å²) in [6, 6.07) is 15.3. The summed E-state index contributed by atoms with van der Waals surface area (Å²) in [6.07, 6.45) is 3.01. The molecule has 5 heteroatoms. The number of rotatable bonds is 5. The van der Waals surface area contributed by atoms with Crippen LogP contribution in [0.5, 0.6) is 0 Å². The molecule has 3 aromatic rings. The van der Waals surface area contributed by atoms with Gasteiger partial charge >= 0.3 is 0 Å². The van der Waals surface area contributed by atoms with Gasteiger partial charge in [0.25, 0.3) is 0 Å². The molecule has 0 aliphatic carbocycles. The van der Waals surface area contributed by atoms with Crippen LogP contribution in [-0.2, 0) is 16.0 Å². The van der Waals surface area contributed by atoms with Gasteiger partial charge < -0.3 is 15.6 Å². The zero-order chi connectivity index (χ0) is 19.4. The number of benzene rings is 2. The summed E-state index contributed by atoms with van der Waals surface area (Å²) in [5.41, 5.74) is 3.08. The molecule has 0 fully saturated rings. The van der Waals surface area contributed by atoms with Crippen molar-refractivity contribution in [2.45, 2.75) is 33.6 Å². The van der Waals surface area contributed by atoms with E-state index in [4.69, 9.17) is 0 Å². The summed E-state index contributed by atoms with van der Waals surface area (Å²) >= 11 is 0. The van der Waals surface area contributed by atoms with Crippen LogP contribution in [0.1, 0.15) is 32.8 Å². The van der Waals surface area contributed by atoms with Crippen molar-refractivity contribution >= 4 is 34.1 Å². The van der Waals surface area contributed by atoms with Crippen molar-refractivity contribution in [1.29, 1.82) is 0 Å². The fraction of sp³-hybridized carbons (Fsp3) is 0.273. The van der Waals surface area contributed by atoms with Gasteiger partial charge in [0.15, 0.2) is 0 Å². The molecule has 0 saturated heterocycles. The van der Waals surface area contributed by atoms with Crippen LogP contribution in [0.25, 0.3) is 10.9 Å². The average Bonchev–Trinajstić information content (AvgIpc) is 3.03. The molecule has 3 rings (SSSR count). The molecule has 0 aliphatic heterocycles. The average molecular weight is 363 g/mol. The predicted molar refractivity (Wildman–Crippen MR) is 110 cm³/mol. The largest absolute Gasteiger partial charge is 0.361 e. The zero-order valence-corrected chi connectivity index (χ0v) is 15.9. The molecule has 2 amide bonds. The van der Waals surface area contributed by atoms with Gasteiger partial charge in [-0.2, -0.15) is 0 Å². The number of para-hydroxylation sites is 1. The van der Waals surface area contributed by atoms with Gasteiger partial charge in [-0.1, -0.05) is 45.0 Å². The lowest BCUT2D eigenvalue weighted by atomic mass is 9.95. The highest BCUT2D eigenvalue weighted by Gasteiger charge is 2.21. The van der Waals surface area contributed by atoms with Gasteiger partial charge in [-0.25, -0.2) is 0 Å². The maximum absolute atomic E-state index is 12.3. The molecule has 0 atom stereocenters. The Bertz CT molecular complexity index is 967. The van der Waals surface area contributed by atoms with E-state index in [1.807, 2.05) is 63.4 Å². The minimum atomic E-state index is -0.474. The van der Waals surface area contributed by atoms with Crippen LogP contribution in [0.2, 0.25) is 0 Å². The zero-order valence-electron chi connectivity index (χ0n) is 15.9. The number of hydrogen-bond donors (Lipinski definition) is 3. The summed E-state index contributed by atoms with van der Waals surface area (Å²) in [4.78, 5) is 27.7. The highest BCUT2D eigenvalue weighted by atomic mass is 16.2. The lowest BCUT2D eigenvalue weighted by molar-refractivity contribution is -0.123. The van der Waals surface area contributed by atoms with Crippen molar-refractivity contribution < 1.29 is 9.59 Å². The number of hydrogen-bond acceptors (Lipinski definition) is 2. The molecular weight excluding hydrogens is 338 g/mol. The number of carbonyl (C=O) groups is 2. The Morgan fingerprint density at radius 1 is 0.963 bits per heavy atom. The molecule has 0 spiro atoms. The van der Waals surface area contributed by atoms with E-state index in [0.717, 1.165) is 16.5 Å². The van der Waals surface area contributed by atoms with E-state index in [0.29, 0.717) is 24.2 Å². The van der Waals surface area contributed by atoms with E-state index < -0.39 is 5.41 Å². The van der Waals surface area contributed by atoms with Crippen molar-refractivity contribution in [3.8, 4) is 0 Å². The molecule has 0 unspecified atom stereocenters. The van der Waals surface area contributed by atoms with Crippen molar-refractivity contribution in [3.05, 3.63) is 60.3 Å². The van der Waals surface area contributed by atoms with Crippen LogP contribution in [0.4, 0.5) is 11.4 Å². The molecule has 0 radical (unpaired) electrons. The number of aromatic amines is 1. The second-order valence-corrected chi connectivity index (χ2v) is 7.69. The van der Waals surface area contributed by atoms with E-state index in [-0.39, 0.29) is 11.8 Å². The second kappa shape index (κ2) is 7.66. The van der Waals surface area contributed by atoms with Crippen LogP contribution in [0.15, 0.2) is 54.7 Å². The van der Waals surface area contributed by atoms with Crippen LogP contribution in [-0.4, -0.2) is 16.8 Å². The minimum Gasteiger partial charge on any atom is -0.361 e. The Morgan fingerprint density at radius 2 is 1.67 bits per heavy atom. The Morgan fingerprint density at radius 3 is 2.41 bits per heavy atom. The first-order valence-corrected chi connectivity index (χ1v) is 9.09. The fourth-order valence-electron chi connectivity index (χ4n) is 2.80. The third kappa shape index (κ3) is 4.76. The number of carbonyl (C=O) groups excluding carboxylic acids is 2. The molecular formula is C22H25N3O2. The number of H-pyrrole nitrogens is 1. The lowest BCUT2D eigenvalue weighted by Crippen LogP contribution is -2.27. The van der Waals surface area contributed by atoms with E-state index in [1.165, 1.54) is 0 Å². The third-order valence-electron chi connectivity index (χ3n) is 4.38. The first-order valence-electron chi connectivity index (χ1n) is 9.09. The predicted octanol–water partition coefficient (Wildman–Crippen LogP) is 4.72. The van der Waals surface area contributed by atoms with Crippen LogP contribution in [0.3, 0.4) is 0 Å². The fourth-order valence-corrected chi connectivity index (χ4v) is 2.80. The van der Waals surface area contributed by atoms with E-state index >= 15 is 0 Å². The summed E-state index contributed by atoms with van der Waals surface area (Å²) in [7, 11) is 0. The summed E-state index contributed by atoms with van der Waals surface area (Å²) in [5.74, 6) is -0.120. The van der Waals surface area contributed by atoms with E-state index in [9.17, 15) is 9.59 Å². The SMILES string of the molecule is CC(C)(C)C(=O)Nc1cccc(NC(=O)CCc2c[nH]c3ccccc23)c1. The molecule has 1 aromatic heterocycles. The normalized spacial score (nSPS) is 11.4. The topological polar surface area (TPSA) is 74.0 Å². The summed E-state index contributed by atoms with van der Waals surface area (Å²) in [5, 5.41) is 6.93. The van der Waals surface area contributed by atoms with Gasteiger partial charge in [0.1, 0.15) is 0 Å². The Balaban J connectivity index is 1.59. The molecule has 27 heavy (non-hydrogen) atoms. The van der Waals surface area contributed by atoms with Gasteiger partial charge in [0.2, 0.25) is 11.8 Å². The van der Waals surface area contributed by atoms with Gasteiger partial charge in [0, 0.05) is 40.3 Å². The van der Waals surface area contributed by atoms with Crippen molar-refractivity contribution in [3.63, 3.8) is 0 Å². The number of aryl methyl sites for hydroxylation is 1. The maximum Gasteiger partial charge on any atom is 0.229 e. The number of aromatic nitrogens is 1. The molecule has 0 bridgehead atoms. The van der Waals surface area contributed by atoms with Crippen LogP contribution >= 0.6 is 0 Å². The minimum absolute atomic E-state index is 0.0559. The Hall–Kier alpha value is -3.08. The maximum atomic E-state index is 12.3.